The zero-order chi connectivity index (χ0) is 17.6. The molecular weight excluding hydrogens is 330 g/mol. The van der Waals surface area contributed by atoms with E-state index in [4.69, 9.17) is 4.74 Å². The van der Waals surface area contributed by atoms with E-state index >= 15 is 0 Å². The number of para-hydroxylation sites is 1. The van der Waals surface area contributed by atoms with Gasteiger partial charge in [0.25, 0.3) is 10.0 Å². The molecule has 0 spiro atoms. The number of hydrogen-bond donors (Lipinski definition) is 2. The van der Waals surface area contributed by atoms with Crippen molar-refractivity contribution in [2.75, 3.05) is 18.5 Å². The summed E-state index contributed by atoms with van der Waals surface area (Å²) in [5.74, 6) is 0.146. The monoisotopic (exact) mass is 353 g/mol. The number of sulfonamides is 1. The fourth-order valence-electron chi connectivity index (χ4n) is 2.21. The van der Waals surface area contributed by atoms with E-state index in [0.29, 0.717) is 18.8 Å². The highest BCUT2D eigenvalue weighted by atomic mass is 32.2. The number of amides is 1. The average molecular weight is 353 g/mol. The molecule has 1 aromatic rings. The van der Waals surface area contributed by atoms with Crippen LogP contribution in [0.1, 0.15) is 33.1 Å². The van der Waals surface area contributed by atoms with Gasteiger partial charge in [-0.2, -0.15) is 8.42 Å². The number of benzene rings is 1. The molecule has 1 amide bonds. The Morgan fingerprint density at radius 3 is 2.83 bits per heavy atom. The average Bonchev–Trinajstić information content (AvgIpc) is 2.52. The minimum absolute atomic E-state index is 0.139. The van der Waals surface area contributed by atoms with Crippen LogP contribution < -0.4 is 10.6 Å². The van der Waals surface area contributed by atoms with Gasteiger partial charge in [-0.1, -0.05) is 12.1 Å². The summed E-state index contributed by atoms with van der Waals surface area (Å²) in [4.78, 5) is 12.0. The molecular formula is C16H23N3O4S. The Kier molecular flexibility index (Phi) is 6.33. The summed E-state index contributed by atoms with van der Waals surface area (Å²) in [6.07, 6.45) is 1.34. The number of nitrogens with zero attached hydrogens (tertiary/aromatic N) is 1. The van der Waals surface area contributed by atoms with Crippen molar-refractivity contribution < 1.29 is 17.9 Å². The van der Waals surface area contributed by atoms with Gasteiger partial charge >= 0.3 is 0 Å². The molecule has 0 aromatic heterocycles. The second-order valence-electron chi connectivity index (χ2n) is 5.76. The Labute approximate surface area is 142 Å². The van der Waals surface area contributed by atoms with Crippen LogP contribution in [0.5, 0.6) is 0 Å². The summed E-state index contributed by atoms with van der Waals surface area (Å²) >= 11 is 0. The maximum absolute atomic E-state index is 12.1. The van der Waals surface area contributed by atoms with Gasteiger partial charge in [0.05, 0.1) is 11.8 Å². The maximum Gasteiger partial charge on any atom is 0.286 e. The number of carbonyl (C=O) groups excluding carboxylic acids is 1. The molecule has 24 heavy (non-hydrogen) atoms. The van der Waals surface area contributed by atoms with Gasteiger partial charge in [0.15, 0.2) is 0 Å². The van der Waals surface area contributed by atoms with E-state index in [1.165, 1.54) is 6.07 Å². The quantitative estimate of drug-likeness (QED) is 0.696. The SMILES string of the molecule is CC(C)OCCCNC(=O)CCC1=NS(=O)(=O)c2ccccc2N1. The van der Waals surface area contributed by atoms with Crippen molar-refractivity contribution in [1.29, 1.82) is 0 Å². The number of fused-ring (bicyclic) bond motifs is 1. The van der Waals surface area contributed by atoms with Gasteiger partial charge in [0, 0.05) is 26.0 Å². The molecule has 7 nitrogen and oxygen atoms in total. The van der Waals surface area contributed by atoms with Crippen LogP contribution >= 0.6 is 0 Å². The first-order valence-electron chi connectivity index (χ1n) is 7.96. The first-order chi connectivity index (χ1) is 11.4. The second-order valence-corrected chi connectivity index (χ2v) is 7.33. The smallest absolute Gasteiger partial charge is 0.286 e. The van der Waals surface area contributed by atoms with E-state index in [1.807, 2.05) is 13.8 Å². The number of rotatable bonds is 8. The van der Waals surface area contributed by atoms with Crippen LogP contribution in [0.2, 0.25) is 0 Å². The van der Waals surface area contributed by atoms with Crippen LogP contribution in [-0.2, 0) is 19.6 Å². The molecule has 0 fully saturated rings. The van der Waals surface area contributed by atoms with Crippen LogP contribution in [0.25, 0.3) is 0 Å². The summed E-state index contributed by atoms with van der Waals surface area (Å²) in [6, 6.07) is 6.57. The molecule has 2 N–H and O–H groups in total. The summed E-state index contributed by atoms with van der Waals surface area (Å²) in [7, 11) is -3.69. The van der Waals surface area contributed by atoms with Gasteiger partial charge < -0.3 is 15.4 Å². The Bertz CT molecular complexity index is 714. The number of amidine groups is 1. The van der Waals surface area contributed by atoms with Crippen molar-refractivity contribution >= 4 is 27.5 Å². The second kappa shape index (κ2) is 8.25. The number of anilines is 1. The minimum atomic E-state index is -3.69. The molecule has 0 saturated heterocycles. The number of carbonyl (C=O) groups is 1. The fourth-order valence-corrected chi connectivity index (χ4v) is 3.39. The highest BCUT2D eigenvalue weighted by molar-refractivity contribution is 7.90. The molecule has 1 aliphatic rings. The third kappa shape index (κ3) is 5.31. The van der Waals surface area contributed by atoms with E-state index in [2.05, 4.69) is 15.0 Å². The van der Waals surface area contributed by atoms with Gasteiger partial charge in [0.2, 0.25) is 5.91 Å². The molecule has 0 aliphatic carbocycles. The Hall–Kier alpha value is -1.93. The highest BCUT2D eigenvalue weighted by Gasteiger charge is 2.24. The minimum Gasteiger partial charge on any atom is -0.379 e. The first-order valence-corrected chi connectivity index (χ1v) is 9.40. The summed E-state index contributed by atoms with van der Waals surface area (Å²) in [5.41, 5.74) is 0.494. The first kappa shape index (κ1) is 18.4. The Morgan fingerprint density at radius 1 is 1.33 bits per heavy atom. The number of hydrogen-bond acceptors (Lipinski definition) is 5. The Morgan fingerprint density at radius 2 is 2.08 bits per heavy atom. The molecule has 0 atom stereocenters. The van der Waals surface area contributed by atoms with E-state index in [9.17, 15) is 13.2 Å². The lowest BCUT2D eigenvalue weighted by Gasteiger charge is -2.17. The molecule has 132 valence electrons. The van der Waals surface area contributed by atoms with Crippen molar-refractivity contribution in [3.05, 3.63) is 24.3 Å². The maximum atomic E-state index is 12.1. The molecule has 1 heterocycles. The van der Waals surface area contributed by atoms with Crippen molar-refractivity contribution in [3.8, 4) is 0 Å². The van der Waals surface area contributed by atoms with E-state index in [0.717, 1.165) is 6.42 Å². The van der Waals surface area contributed by atoms with Crippen LogP contribution in [0.15, 0.2) is 33.6 Å². The van der Waals surface area contributed by atoms with Crippen molar-refractivity contribution in [3.63, 3.8) is 0 Å². The largest absolute Gasteiger partial charge is 0.379 e. The van der Waals surface area contributed by atoms with E-state index in [-0.39, 0.29) is 35.6 Å². The molecule has 0 saturated carbocycles. The van der Waals surface area contributed by atoms with E-state index in [1.54, 1.807) is 18.2 Å². The predicted molar refractivity (Wildman–Crippen MR) is 92.6 cm³/mol. The number of ether oxygens (including phenoxy) is 1. The Balaban J connectivity index is 1.79. The van der Waals surface area contributed by atoms with Crippen molar-refractivity contribution in [1.82, 2.24) is 5.32 Å². The number of nitrogens with one attached hydrogen (secondary N) is 2. The molecule has 0 unspecified atom stereocenters. The highest BCUT2D eigenvalue weighted by Crippen LogP contribution is 2.27. The van der Waals surface area contributed by atoms with Gasteiger partial charge in [-0.05, 0) is 32.4 Å². The lowest BCUT2D eigenvalue weighted by Crippen LogP contribution is -2.28. The standard InChI is InChI=1S/C16H23N3O4S/c1-12(2)23-11-5-10-17-16(20)9-8-15-18-13-6-3-4-7-14(13)24(21,22)19-15/h3-4,6-7,12H,5,8-11H2,1-2H3,(H,17,20)(H,18,19). The van der Waals surface area contributed by atoms with E-state index < -0.39 is 10.0 Å². The normalized spacial score (nSPS) is 15.4. The van der Waals surface area contributed by atoms with Crippen LogP contribution in [0, 0.1) is 0 Å². The topological polar surface area (TPSA) is 96.9 Å². The summed E-state index contributed by atoms with van der Waals surface area (Å²) < 4.78 is 33.3. The zero-order valence-electron chi connectivity index (χ0n) is 13.9. The van der Waals surface area contributed by atoms with Gasteiger partial charge in [0.1, 0.15) is 10.7 Å². The zero-order valence-corrected chi connectivity index (χ0v) is 14.7. The van der Waals surface area contributed by atoms with Crippen molar-refractivity contribution in [2.45, 2.75) is 44.1 Å². The third-order valence-electron chi connectivity index (χ3n) is 3.36. The van der Waals surface area contributed by atoms with Crippen LogP contribution in [-0.4, -0.2) is 39.4 Å². The third-order valence-corrected chi connectivity index (χ3v) is 4.73. The van der Waals surface area contributed by atoms with Crippen molar-refractivity contribution in [2.24, 2.45) is 4.40 Å². The molecule has 0 bridgehead atoms. The van der Waals surface area contributed by atoms with Crippen LogP contribution in [0.4, 0.5) is 5.69 Å². The molecule has 2 rings (SSSR count). The van der Waals surface area contributed by atoms with Gasteiger partial charge in [-0.15, -0.1) is 4.40 Å². The summed E-state index contributed by atoms with van der Waals surface area (Å²) in [6.45, 7) is 5.05. The van der Waals surface area contributed by atoms with Crippen LogP contribution in [0.3, 0.4) is 0 Å². The predicted octanol–water partition coefficient (Wildman–Crippen LogP) is 1.91. The molecule has 1 aliphatic heterocycles. The van der Waals surface area contributed by atoms with Gasteiger partial charge in [-0.25, -0.2) is 0 Å². The lowest BCUT2D eigenvalue weighted by atomic mass is 10.2. The van der Waals surface area contributed by atoms with Gasteiger partial charge in [-0.3, -0.25) is 4.79 Å². The molecule has 0 radical (unpaired) electrons. The summed E-state index contributed by atoms with van der Waals surface area (Å²) in [5, 5.41) is 5.75. The fraction of sp³-hybridized carbons (Fsp3) is 0.500. The molecule has 1 aromatic carbocycles. The molecule has 8 heteroatoms. The lowest BCUT2D eigenvalue weighted by molar-refractivity contribution is -0.121.